The number of sulfonamides is 1. The molecule has 1 aromatic heterocycles. The summed E-state index contributed by atoms with van der Waals surface area (Å²) in [6.07, 6.45) is 2.61. The Morgan fingerprint density at radius 2 is 1.80 bits per heavy atom. The Morgan fingerprint density at radius 1 is 1.10 bits per heavy atom. The van der Waals surface area contributed by atoms with Gasteiger partial charge in [0.05, 0.1) is 17.3 Å². The van der Waals surface area contributed by atoms with Gasteiger partial charge in [0.15, 0.2) is 0 Å². The molecule has 2 aromatic carbocycles. The summed E-state index contributed by atoms with van der Waals surface area (Å²) in [5.74, 6) is 0.774. The molecule has 0 fully saturated rings. The lowest BCUT2D eigenvalue weighted by Gasteiger charge is -2.17. The van der Waals surface area contributed by atoms with E-state index >= 15 is 0 Å². The normalized spacial score (nSPS) is 11.8. The fraction of sp³-hybridized carbons (Fsp3) is 0.364. The van der Waals surface area contributed by atoms with Gasteiger partial charge in [-0.25, -0.2) is 17.7 Å². The van der Waals surface area contributed by atoms with Gasteiger partial charge in [0.25, 0.3) is 0 Å². The molecule has 160 valence electrons. The van der Waals surface area contributed by atoms with Gasteiger partial charge < -0.3 is 5.32 Å². The number of benzene rings is 2. The van der Waals surface area contributed by atoms with Gasteiger partial charge in [-0.3, -0.25) is 9.36 Å². The minimum absolute atomic E-state index is 0.0657. The third-order valence-corrected chi connectivity index (χ3v) is 6.33. The first kappa shape index (κ1) is 22.0. The SMILES string of the molecule is CCN(CCCNC(=O)CCc1nc2ccccc2n1-c1ccccc1)S(C)(=O)=O. The second-order valence-electron chi connectivity index (χ2n) is 7.15. The Morgan fingerprint density at radius 3 is 2.50 bits per heavy atom. The van der Waals surface area contributed by atoms with Crippen LogP contribution in [0.5, 0.6) is 0 Å². The van der Waals surface area contributed by atoms with Crippen molar-refractivity contribution in [3.05, 3.63) is 60.4 Å². The second kappa shape index (κ2) is 9.86. The fourth-order valence-electron chi connectivity index (χ4n) is 3.46. The Hall–Kier alpha value is -2.71. The molecule has 1 heterocycles. The zero-order valence-corrected chi connectivity index (χ0v) is 18.2. The van der Waals surface area contributed by atoms with Gasteiger partial charge in [0, 0.05) is 38.2 Å². The number of aryl methyl sites for hydroxylation is 1. The van der Waals surface area contributed by atoms with E-state index in [0.717, 1.165) is 22.5 Å². The molecular weight excluding hydrogens is 400 g/mol. The van der Waals surface area contributed by atoms with Crippen molar-refractivity contribution in [2.24, 2.45) is 0 Å². The van der Waals surface area contributed by atoms with Crippen molar-refractivity contribution in [2.75, 3.05) is 25.9 Å². The smallest absolute Gasteiger partial charge is 0.220 e. The van der Waals surface area contributed by atoms with Gasteiger partial charge in [-0.15, -0.1) is 0 Å². The molecule has 0 radical (unpaired) electrons. The van der Waals surface area contributed by atoms with E-state index in [1.165, 1.54) is 10.6 Å². The summed E-state index contributed by atoms with van der Waals surface area (Å²) in [6, 6.07) is 17.9. The average molecular weight is 429 g/mol. The number of nitrogens with one attached hydrogen (secondary N) is 1. The minimum Gasteiger partial charge on any atom is -0.356 e. The Balaban J connectivity index is 1.60. The summed E-state index contributed by atoms with van der Waals surface area (Å²) >= 11 is 0. The van der Waals surface area contributed by atoms with Gasteiger partial charge in [-0.1, -0.05) is 37.3 Å². The molecule has 0 aliphatic carbocycles. The van der Waals surface area contributed by atoms with Crippen LogP contribution in [0.2, 0.25) is 0 Å². The van der Waals surface area contributed by atoms with Crippen molar-refractivity contribution in [2.45, 2.75) is 26.2 Å². The molecule has 0 aliphatic heterocycles. The molecule has 0 aliphatic rings. The molecule has 0 atom stereocenters. The van der Waals surface area contributed by atoms with Crippen LogP contribution in [-0.2, 0) is 21.2 Å². The maximum atomic E-state index is 12.3. The number of nitrogens with zero attached hydrogens (tertiary/aromatic N) is 3. The van der Waals surface area contributed by atoms with Crippen LogP contribution in [0.1, 0.15) is 25.6 Å². The standard InChI is InChI=1S/C22H28N4O3S/c1-3-25(30(2,28)29)17-9-16-23-22(27)15-14-21-24-19-12-7-8-13-20(19)26(21)18-10-5-4-6-11-18/h4-8,10-13H,3,9,14-17H2,1-2H3,(H,23,27). The highest BCUT2D eigenvalue weighted by atomic mass is 32.2. The van der Waals surface area contributed by atoms with Crippen molar-refractivity contribution in [3.63, 3.8) is 0 Å². The lowest BCUT2D eigenvalue weighted by molar-refractivity contribution is -0.121. The number of aromatic nitrogens is 2. The summed E-state index contributed by atoms with van der Waals surface area (Å²) in [7, 11) is -3.20. The van der Waals surface area contributed by atoms with Gasteiger partial charge in [0.2, 0.25) is 15.9 Å². The van der Waals surface area contributed by atoms with Crippen LogP contribution >= 0.6 is 0 Å². The molecule has 0 bridgehead atoms. The van der Waals surface area contributed by atoms with Crippen LogP contribution in [0.25, 0.3) is 16.7 Å². The number of hydrogen-bond donors (Lipinski definition) is 1. The molecule has 7 nitrogen and oxygen atoms in total. The summed E-state index contributed by atoms with van der Waals surface area (Å²) in [5, 5.41) is 2.88. The highest BCUT2D eigenvalue weighted by Crippen LogP contribution is 2.22. The molecule has 0 saturated heterocycles. The van der Waals surface area contributed by atoms with E-state index in [-0.39, 0.29) is 5.91 Å². The molecule has 0 spiro atoms. The fourth-order valence-corrected chi connectivity index (χ4v) is 4.39. The molecule has 1 N–H and O–H groups in total. The maximum absolute atomic E-state index is 12.3. The maximum Gasteiger partial charge on any atom is 0.220 e. The first-order chi connectivity index (χ1) is 14.4. The van der Waals surface area contributed by atoms with Gasteiger partial charge in [0.1, 0.15) is 5.82 Å². The Bertz CT molecular complexity index is 1090. The van der Waals surface area contributed by atoms with E-state index in [2.05, 4.69) is 9.88 Å². The highest BCUT2D eigenvalue weighted by Gasteiger charge is 2.15. The number of hydrogen-bond acceptors (Lipinski definition) is 4. The lowest BCUT2D eigenvalue weighted by Crippen LogP contribution is -2.33. The molecule has 3 aromatic rings. The zero-order valence-electron chi connectivity index (χ0n) is 17.4. The Labute approximate surface area is 177 Å². The second-order valence-corrected chi connectivity index (χ2v) is 9.13. The monoisotopic (exact) mass is 428 g/mol. The predicted octanol–water partition coefficient (Wildman–Crippen LogP) is 2.75. The molecule has 8 heteroatoms. The predicted molar refractivity (Wildman–Crippen MR) is 119 cm³/mol. The van der Waals surface area contributed by atoms with Crippen LogP contribution < -0.4 is 5.32 Å². The summed E-state index contributed by atoms with van der Waals surface area (Å²) in [5.41, 5.74) is 2.93. The molecule has 3 rings (SSSR count). The Kier molecular flexibility index (Phi) is 7.23. The number of para-hydroxylation sites is 3. The van der Waals surface area contributed by atoms with E-state index in [0.29, 0.717) is 38.9 Å². The van der Waals surface area contributed by atoms with E-state index in [9.17, 15) is 13.2 Å². The van der Waals surface area contributed by atoms with E-state index in [4.69, 9.17) is 4.98 Å². The molecule has 0 unspecified atom stereocenters. The summed E-state index contributed by atoms with van der Waals surface area (Å²) in [4.78, 5) is 17.0. The molecule has 1 amide bonds. The number of carbonyl (C=O) groups excluding carboxylic acids is 1. The average Bonchev–Trinajstić information content (AvgIpc) is 3.10. The minimum atomic E-state index is -3.20. The van der Waals surface area contributed by atoms with E-state index in [1.54, 1.807) is 6.92 Å². The van der Waals surface area contributed by atoms with Crippen LogP contribution in [0, 0.1) is 0 Å². The largest absolute Gasteiger partial charge is 0.356 e. The lowest BCUT2D eigenvalue weighted by atomic mass is 10.2. The van der Waals surface area contributed by atoms with Gasteiger partial charge in [-0.2, -0.15) is 0 Å². The van der Waals surface area contributed by atoms with Crippen molar-refractivity contribution in [1.82, 2.24) is 19.2 Å². The van der Waals surface area contributed by atoms with E-state index in [1.807, 2.05) is 54.6 Å². The van der Waals surface area contributed by atoms with Crippen LogP contribution in [0.15, 0.2) is 54.6 Å². The van der Waals surface area contributed by atoms with Gasteiger partial charge >= 0.3 is 0 Å². The number of amides is 1. The number of rotatable bonds is 10. The zero-order chi connectivity index (χ0) is 21.6. The third-order valence-electron chi connectivity index (χ3n) is 4.95. The number of carbonyl (C=O) groups is 1. The van der Waals surface area contributed by atoms with Crippen LogP contribution in [0.3, 0.4) is 0 Å². The molecule has 30 heavy (non-hydrogen) atoms. The van der Waals surface area contributed by atoms with Crippen LogP contribution in [-0.4, -0.2) is 54.1 Å². The summed E-state index contributed by atoms with van der Waals surface area (Å²) < 4.78 is 26.7. The summed E-state index contributed by atoms with van der Waals surface area (Å²) in [6.45, 7) is 3.08. The quantitative estimate of drug-likeness (QED) is 0.503. The number of fused-ring (bicyclic) bond motifs is 1. The van der Waals surface area contributed by atoms with Crippen molar-refractivity contribution >= 4 is 27.0 Å². The number of imidazole rings is 1. The van der Waals surface area contributed by atoms with Crippen molar-refractivity contribution < 1.29 is 13.2 Å². The van der Waals surface area contributed by atoms with Crippen molar-refractivity contribution in [1.29, 1.82) is 0 Å². The van der Waals surface area contributed by atoms with Gasteiger partial charge in [-0.05, 0) is 30.7 Å². The van der Waals surface area contributed by atoms with E-state index < -0.39 is 10.0 Å². The highest BCUT2D eigenvalue weighted by molar-refractivity contribution is 7.88. The van der Waals surface area contributed by atoms with Crippen molar-refractivity contribution in [3.8, 4) is 5.69 Å². The first-order valence-corrected chi connectivity index (χ1v) is 12.0. The topological polar surface area (TPSA) is 84.3 Å². The molecule has 0 saturated carbocycles. The van der Waals surface area contributed by atoms with Crippen LogP contribution in [0.4, 0.5) is 0 Å². The first-order valence-electron chi connectivity index (χ1n) is 10.1. The molecular formula is C22H28N4O3S. The third kappa shape index (κ3) is 5.46.